The van der Waals surface area contributed by atoms with Gasteiger partial charge < -0.3 is 20.1 Å². The van der Waals surface area contributed by atoms with E-state index in [0.717, 1.165) is 5.75 Å². The SMILES string of the molecule is CCOc1ccc(NC(=O)Nc2ccc(-c3ncn(-c4ccc(OC(F)(F)F)cc4)n3)cc2)cc1. The molecule has 2 amide bonds. The highest BCUT2D eigenvalue weighted by Gasteiger charge is 2.31. The van der Waals surface area contributed by atoms with E-state index in [2.05, 4.69) is 25.5 Å². The van der Waals surface area contributed by atoms with Gasteiger partial charge in [0.2, 0.25) is 0 Å². The predicted octanol–water partition coefficient (Wildman–Crippen LogP) is 5.88. The van der Waals surface area contributed by atoms with Gasteiger partial charge in [-0.3, -0.25) is 0 Å². The zero-order valence-electron chi connectivity index (χ0n) is 18.4. The Hall–Kier alpha value is -4.54. The van der Waals surface area contributed by atoms with Crippen LogP contribution in [0.3, 0.4) is 0 Å². The number of anilines is 2. The summed E-state index contributed by atoms with van der Waals surface area (Å²) in [5.41, 5.74) is 2.40. The molecule has 0 aliphatic carbocycles. The highest BCUT2D eigenvalue weighted by molar-refractivity contribution is 5.99. The number of hydrogen-bond acceptors (Lipinski definition) is 5. The van der Waals surface area contributed by atoms with Crippen LogP contribution in [0.5, 0.6) is 11.5 Å². The molecule has 1 heterocycles. The molecule has 0 aliphatic rings. The van der Waals surface area contributed by atoms with Crippen LogP contribution in [-0.4, -0.2) is 33.8 Å². The monoisotopic (exact) mass is 483 g/mol. The van der Waals surface area contributed by atoms with E-state index < -0.39 is 12.4 Å². The fourth-order valence-corrected chi connectivity index (χ4v) is 3.12. The van der Waals surface area contributed by atoms with Crippen LogP contribution in [0.25, 0.3) is 17.1 Å². The summed E-state index contributed by atoms with van der Waals surface area (Å²) in [6.45, 7) is 2.46. The van der Waals surface area contributed by atoms with Crippen LogP contribution < -0.4 is 20.1 Å². The summed E-state index contributed by atoms with van der Waals surface area (Å²) in [4.78, 5) is 16.5. The fourth-order valence-electron chi connectivity index (χ4n) is 3.12. The van der Waals surface area contributed by atoms with E-state index in [0.29, 0.717) is 35.1 Å². The molecule has 35 heavy (non-hydrogen) atoms. The largest absolute Gasteiger partial charge is 0.573 e. The number of rotatable bonds is 7. The third-order valence-electron chi connectivity index (χ3n) is 4.65. The highest BCUT2D eigenvalue weighted by Crippen LogP contribution is 2.24. The van der Waals surface area contributed by atoms with Crippen molar-refractivity contribution in [3.63, 3.8) is 0 Å². The lowest BCUT2D eigenvalue weighted by molar-refractivity contribution is -0.274. The number of ether oxygens (including phenoxy) is 2. The Morgan fingerprint density at radius 1 is 0.886 bits per heavy atom. The summed E-state index contributed by atoms with van der Waals surface area (Å²) < 4.78 is 47.6. The van der Waals surface area contributed by atoms with Crippen LogP contribution >= 0.6 is 0 Å². The lowest BCUT2D eigenvalue weighted by atomic mass is 10.2. The van der Waals surface area contributed by atoms with Crippen LogP contribution in [0.2, 0.25) is 0 Å². The first-order valence-electron chi connectivity index (χ1n) is 10.5. The van der Waals surface area contributed by atoms with Crippen molar-refractivity contribution >= 4 is 17.4 Å². The van der Waals surface area contributed by atoms with Crippen molar-refractivity contribution in [2.45, 2.75) is 13.3 Å². The van der Waals surface area contributed by atoms with Gasteiger partial charge in [0, 0.05) is 16.9 Å². The number of carbonyl (C=O) groups excluding carboxylic acids is 1. The molecule has 0 aliphatic heterocycles. The summed E-state index contributed by atoms with van der Waals surface area (Å²) in [5, 5.41) is 9.84. The maximum absolute atomic E-state index is 12.3. The molecule has 0 fully saturated rings. The van der Waals surface area contributed by atoms with Gasteiger partial charge in [-0.15, -0.1) is 18.3 Å². The third kappa shape index (κ3) is 6.50. The molecule has 4 aromatic rings. The van der Waals surface area contributed by atoms with Crippen molar-refractivity contribution in [3.05, 3.63) is 79.1 Å². The van der Waals surface area contributed by atoms with Crippen LogP contribution in [0.15, 0.2) is 79.1 Å². The summed E-state index contributed by atoms with van der Waals surface area (Å²) in [7, 11) is 0. The molecule has 0 atom stereocenters. The molecule has 3 aromatic carbocycles. The first kappa shape index (κ1) is 23.6. The molecule has 8 nitrogen and oxygen atoms in total. The maximum atomic E-state index is 12.3. The summed E-state index contributed by atoms with van der Waals surface area (Å²) in [6, 6.07) is 18.8. The number of nitrogens with zero attached hydrogens (tertiary/aromatic N) is 3. The number of urea groups is 1. The van der Waals surface area contributed by atoms with E-state index in [9.17, 15) is 18.0 Å². The van der Waals surface area contributed by atoms with Crippen LogP contribution in [-0.2, 0) is 0 Å². The molecule has 0 saturated heterocycles. The Morgan fingerprint density at radius 3 is 2.03 bits per heavy atom. The summed E-state index contributed by atoms with van der Waals surface area (Å²) in [6.07, 6.45) is -3.30. The maximum Gasteiger partial charge on any atom is 0.573 e. The molecule has 4 rings (SSSR count). The minimum absolute atomic E-state index is 0.323. The quantitative estimate of drug-likeness (QED) is 0.343. The average molecular weight is 483 g/mol. The number of benzene rings is 3. The zero-order chi connectivity index (χ0) is 24.8. The first-order valence-corrected chi connectivity index (χ1v) is 10.5. The lowest BCUT2D eigenvalue weighted by Gasteiger charge is -2.09. The number of nitrogens with one attached hydrogen (secondary N) is 2. The predicted molar refractivity (Wildman–Crippen MR) is 124 cm³/mol. The van der Waals surface area contributed by atoms with Crippen molar-refractivity contribution < 1.29 is 27.4 Å². The van der Waals surface area contributed by atoms with Gasteiger partial charge in [0.15, 0.2) is 5.82 Å². The van der Waals surface area contributed by atoms with E-state index in [1.165, 1.54) is 35.3 Å². The van der Waals surface area contributed by atoms with Gasteiger partial charge in [-0.25, -0.2) is 14.5 Å². The van der Waals surface area contributed by atoms with E-state index in [1.807, 2.05) is 6.92 Å². The lowest BCUT2D eigenvalue weighted by Crippen LogP contribution is -2.19. The van der Waals surface area contributed by atoms with Crippen molar-refractivity contribution in [1.82, 2.24) is 14.8 Å². The van der Waals surface area contributed by atoms with E-state index in [4.69, 9.17) is 4.74 Å². The summed E-state index contributed by atoms with van der Waals surface area (Å²) in [5.74, 6) is 0.805. The molecule has 0 saturated carbocycles. The number of carbonyl (C=O) groups is 1. The number of aromatic nitrogens is 3. The standard InChI is InChI=1S/C24H20F3N5O3/c1-2-34-20-11-7-18(8-12-20)30-23(33)29-17-5-3-16(4-6-17)22-28-15-32(31-22)19-9-13-21(14-10-19)35-24(25,26)27/h3-15H,2H2,1H3,(H2,29,30,33). The van der Waals surface area contributed by atoms with Gasteiger partial charge in [0.1, 0.15) is 17.8 Å². The molecule has 2 N–H and O–H groups in total. The van der Waals surface area contributed by atoms with Crippen molar-refractivity contribution in [1.29, 1.82) is 0 Å². The molecule has 0 unspecified atom stereocenters. The van der Waals surface area contributed by atoms with E-state index >= 15 is 0 Å². The van der Waals surface area contributed by atoms with Gasteiger partial charge in [-0.1, -0.05) is 0 Å². The highest BCUT2D eigenvalue weighted by atomic mass is 19.4. The Labute approximate surface area is 198 Å². The normalized spacial score (nSPS) is 11.1. The fraction of sp³-hybridized carbons (Fsp3) is 0.125. The van der Waals surface area contributed by atoms with E-state index in [-0.39, 0.29) is 5.75 Å². The van der Waals surface area contributed by atoms with E-state index in [1.54, 1.807) is 48.5 Å². The molecular weight excluding hydrogens is 463 g/mol. The van der Waals surface area contributed by atoms with Crippen LogP contribution in [0, 0.1) is 0 Å². The molecule has 11 heteroatoms. The first-order chi connectivity index (χ1) is 16.8. The van der Waals surface area contributed by atoms with Gasteiger partial charge >= 0.3 is 12.4 Å². The van der Waals surface area contributed by atoms with Gasteiger partial charge in [0.05, 0.1) is 12.3 Å². The van der Waals surface area contributed by atoms with Crippen molar-refractivity contribution in [2.75, 3.05) is 17.2 Å². The number of amides is 2. The second-order valence-corrected chi connectivity index (χ2v) is 7.17. The molecular formula is C24H20F3N5O3. The molecule has 0 spiro atoms. The van der Waals surface area contributed by atoms with Crippen molar-refractivity contribution in [2.24, 2.45) is 0 Å². The smallest absolute Gasteiger partial charge is 0.494 e. The average Bonchev–Trinajstić information content (AvgIpc) is 3.31. The Bertz CT molecular complexity index is 1270. The number of halogens is 3. The molecule has 180 valence electrons. The van der Waals surface area contributed by atoms with Crippen LogP contribution in [0.1, 0.15) is 6.92 Å². The second-order valence-electron chi connectivity index (χ2n) is 7.17. The molecule has 0 bridgehead atoms. The number of alkyl halides is 3. The zero-order valence-corrected chi connectivity index (χ0v) is 18.4. The second kappa shape index (κ2) is 10.2. The minimum Gasteiger partial charge on any atom is -0.494 e. The van der Waals surface area contributed by atoms with Gasteiger partial charge in [-0.2, -0.15) is 0 Å². The molecule has 0 radical (unpaired) electrons. The number of hydrogen-bond donors (Lipinski definition) is 2. The topological polar surface area (TPSA) is 90.3 Å². The Kier molecular flexibility index (Phi) is 6.86. The van der Waals surface area contributed by atoms with Gasteiger partial charge in [0.25, 0.3) is 0 Å². The Morgan fingerprint density at radius 2 is 1.46 bits per heavy atom. The summed E-state index contributed by atoms with van der Waals surface area (Å²) >= 11 is 0. The van der Waals surface area contributed by atoms with Gasteiger partial charge in [-0.05, 0) is 79.7 Å². The van der Waals surface area contributed by atoms with Crippen LogP contribution in [0.4, 0.5) is 29.3 Å². The third-order valence-corrected chi connectivity index (χ3v) is 4.65. The molecule has 1 aromatic heterocycles. The van der Waals surface area contributed by atoms with Crippen molar-refractivity contribution in [3.8, 4) is 28.6 Å². The Balaban J connectivity index is 1.36. The minimum atomic E-state index is -4.75.